The number of amides is 1. The fourth-order valence-electron chi connectivity index (χ4n) is 4.50. The van der Waals surface area contributed by atoms with Crippen molar-refractivity contribution in [1.82, 2.24) is 4.90 Å². The number of rotatable bonds is 3. The Morgan fingerprint density at radius 3 is 2.82 bits per heavy atom. The van der Waals surface area contributed by atoms with Gasteiger partial charge in [-0.1, -0.05) is 13.0 Å². The number of fused-ring (bicyclic) bond motifs is 2. The van der Waals surface area contributed by atoms with Gasteiger partial charge in [0.2, 0.25) is 5.91 Å². The average Bonchev–Trinajstić information content (AvgIpc) is 3.03. The summed E-state index contributed by atoms with van der Waals surface area (Å²) in [4.78, 5) is 13.8. The Labute approximate surface area is 104 Å². The van der Waals surface area contributed by atoms with E-state index in [4.69, 9.17) is 0 Å². The highest BCUT2D eigenvalue weighted by atomic mass is 16.2. The number of carbonyl (C=O) groups is 1. The van der Waals surface area contributed by atoms with Gasteiger partial charge in [-0.05, 0) is 62.4 Å². The van der Waals surface area contributed by atoms with Crippen molar-refractivity contribution in [3.63, 3.8) is 0 Å². The second kappa shape index (κ2) is 4.47. The molecule has 94 valence electrons. The first kappa shape index (κ1) is 11.3. The minimum absolute atomic E-state index is 0.149. The van der Waals surface area contributed by atoms with Gasteiger partial charge < -0.3 is 4.90 Å². The quantitative estimate of drug-likeness (QED) is 0.686. The van der Waals surface area contributed by atoms with Crippen LogP contribution in [0, 0.1) is 17.8 Å². The lowest BCUT2D eigenvalue weighted by Crippen LogP contribution is -2.36. The van der Waals surface area contributed by atoms with Gasteiger partial charge in [0.25, 0.3) is 0 Å². The van der Waals surface area contributed by atoms with E-state index < -0.39 is 0 Å². The lowest BCUT2D eigenvalue weighted by molar-refractivity contribution is -0.127. The molecular formula is C15H23NO. The van der Waals surface area contributed by atoms with Crippen molar-refractivity contribution in [2.45, 2.75) is 51.0 Å². The van der Waals surface area contributed by atoms with Crippen molar-refractivity contribution >= 4 is 5.91 Å². The lowest BCUT2D eigenvalue weighted by atomic mass is 9.84. The number of likely N-dealkylation sites (tertiary alicyclic amines) is 1. The Kier molecular flexibility index (Phi) is 2.97. The van der Waals surface area contributed by atoms with Crippen LogP contribution in [0.3, 0.4) is 0 Å². The summed E-state index contributed by atoms with van der Waals surface area (Å²) in [7, 11) is 0. The van der Waals surface area contributed by atoms with Gasteiger partial charge >= 0.3 is 0 Å². The molecule has 0 aromatic rings. The molecule has 1 heterocycles. The molecule has 1 amide bonds. The van der Waals surface area contributed by atoms with Gasteiger partial charge in [-0.25, -0.2) is 0 Å². The largest absolute Gasteiger partial charge is 0.336 e. The highest BCUT2D eigenvalue weighted by molar-refractivity contribution is 5.87. The molecule has 2 nitrogen and oxygen atoms in total. The normalized spacial score (nSPS) is 39.9. The Hall–Kier alpha value is -0.790. The van der Waals surface area contributed by atoms with E-state index in [0.29, 0.717) is 6.04 Å². The van der Waals surface area contributed by atoms with E-state index in [2.05, 4.69) is 11.5 Å². The van der Waals surface area contributed by atoms with E-state index in [1.54, 1.807) is 0 Å². The highest BCUT2D eigenvalue weighted by Gasteiger charge is 2.41. The Morgan fingerprint density at radius 1 is 1.29 bits per heavy atom. The number of hydrogen-bond acceptors (Lipinski definition) is 1. The molecule has 2 aliphatic carbocycles. The summed E-state index contributed by atoms with van der Waals surface area (Å²) < 4.78 is 0. The molecule has 4 unspecified atom stereocenters. The van der Waals surface area contributed by atoms with Gasteiger partial charge in [0.05, 0.1) is 0 Å². The lowest BCUT2D eigenvalue weighted by Gasteiger charge is -2.29. The first-order chi connectivity index (χ1) is 8.28. The van der Waals surface area contributed by atoms with Gasteiger partial charge in [0, 0.05) is 12.6 Å². The maximum Gasteiger partial charge on any atom is 0.246 e. The SMILES string of the molecule is C=CC(=O)N1CCCC1CC1CC2CCC1C2. The monoisotopic (exact) mass is 233 g/mol. The molecule has 1 saturated heterocycles. The second-order valence-corrected chi connectivity index (χ2v) is 6.20. The zero-order valence-corrected chi connectivity index (χ0v) is 10.6. The van der Waals surface area contributed by atoms with Crippen LogP contribution in [0.2, 0.25) is 0 Å². The van der Waals surface area contributed by atoms with Gasteiger partial charge in [-0.3, -0.25) is 4.79 Å². The zero-order valence-electron chi connectivity index (χ0n) is 10.6. The fourth-order valence-corrected chi connectivity index (χ4v) is 4.50. The molecule has 2 saturated carbocycles. The molecule has 0 N–H and O–H groups in total. The standard InChI is InChI=1S/C15H23NO/c1-2-15(17)16-7-3-4-14(16)10-13-9-11-5-6-12(13)8-11/h2,11-14H,1,3-10H2. The molecule has 4 atom stereocenters. The smallest absolute Gasteiger partial charge is 0.246 e. The third-order valence-electron chi connectivity index (χ3n) is 5.29. The highest BCUT2D eigenvalue weighted by Crippen LogP contribution is 2.50. The van der Waals surface area contributed by atoms with Crippen molar-refractivity contribution in [3.05, 3.63) is 12.7 Å². The zero-order chi connectivity index (χ0) is 11.8. The number of hydrogen-bond donors (Lipinski definition) is 0. The van der Waals surface area contributed by atoms with Crippen molar-refractivity contribution < 1.29 is 4.79 Å². The predicted molar refractivity (Wildman–Crippen MR) is 68.5 cm³/mol. The predicted octanol–water partition coefficient (Wildman–Crippen LogP) is 2.99. The molecular weight excluding hydrogens is 210 g/mol. The summed E-state index contributed by atoms with van der Waals surface area (Å²) in [6.45, 7) is 4.57. The molecule has 3 rings (SSSR count). The van der Waals surface area contributed by atoms with E-state index in [1.165, 1.54) is 51.0 Å². The van der Waals surface area contributed by atoms with Gasteiger partial charge in [-0.2, -0.15) is 0 Å². The van der Waals surface area contributed by atoms with Crippen LogP contribution in [0.1, 0.15) is 44.9 Å². The number of nitrogens with zero attached hydrogens (tertiary/aromatic N) is 1. The van der Waals surface area contributed by atoms with Gasteiger partial charge in [0.1, 0.15) is 0 Å². The van der Waals surface area contributed by atoms with Crippen LogP contribution in [-0.2, 0) is 4.79 Å². The molecule has 1 aliphatic heterocycles. The second-order valence-electron chi connectivity index (χ2n) is 6.20. The van der Waals surface area contributed by atoms with Crippen LogP contribution in [0.15, 0.2) is 12.7 Å². The maximum absolute atomic E-state index is 11.8. The molecule has 2 heteroatoms. The molecule has 0 aromatic carbocycles. The van der Waals surface area contributed by atoms with Crippen molar-refractivity contribution in [3.8, 4) is 0 Å². The van der Waals surface area contributed by atoms with Crippen LogP contribution in [0.4, 0.5) is 0 Å². The van der Waals surface area contributed by atoms with Crippen LogP contribution < -0.4 is 0 Å². The van der Waals surface area contributed by atoms with E-state index in [1.807, 2.05) is 0 Å². The van der Waals surface area contributed by atoms with Crippen LogP contribution in [-0.4, -0.2) is 23.4 Å². The average molecular weight is 233 g/mol. The van der Waals surface area contributed by atoms with Crippen LogP contribution in [0.5, 0.6) is 0 Å². The van der Waals surface area contributed by atoms with Crippen molar-refractivity contribution in [2.24, 2.45) is 17.8 Å². The van der Waals surface area contributed by atoms with Crippen molar-refractivity contribution in [2.75, 3.05) is 6.54 Å². The summed E-state index contributed by atoms with van der Waals surface area (Å²) >= 11 is 0. The topological polar surface area (TPSA) is 20.3 Å². The van der Waals surface area contributed by atoms with Gasteiger partial charge in [-0.15, -0.1) is 0 Å². The molecule has 0 aromatic heterocycles. The minimum Gasteiger partial charge on any atom is -0.336 e. The first-order valence-electron chi connectivity index (χ1n) is 7.21. The Morgan fingerprint density at radius 2 is 2.18 bits per heavy atom. The Balaban J connectivity index is 1.61. The fraction of sp³-hybridized carbons (Fsp3) is 0.800. The summed E-state index contributed by atoms with van der Waals surface area (Å²) in [5, 5.41) is 0. The van der Waals surface area contributed by atoms with E-state index in [0.717, 1.165) is 24.3 Å². The maximum atomic E-state index is 11.8. The van der Waals surface area contributed by atoms with Crippen LogP contribution >= 0.6 is 0 Å². The third kappa shape index (κ3) is 2.02. The van der Waals surface area contributed by atoms with E-state index in [9.17, 15) is 4.79 Å². The van der Waals surface area contributed by atoms with Crippen LogP contribution in [0.25, 0.3) is 0 Å². The van der Waals surface area contributed by atoms with Gasteiger partial charge in [0.15, 0.2) is 0 Å². The molecule has 0 spiro atoms. The van der Waals surface area contributed by atoms with E-state index in [-0.39, 0.29) is 5.91 Å². The molecule has 3 aliphatic rings. The Bertz CT molecular complexity index is 325. The minimum atomic E-state index is 0.149. The van der Waals surface area contributed by atoms with Crippen molar-refractivity contribution in [1.29, 1.82) is 0 Å². The third-order valence-corrected chi connectivity index (χ3v) is 5.29. The molecule has 3 fully saturated rings. The summed E-state index contributed by atoms with van der Waals surface area (Å²) in [6, 6.07) is 0.518. The van der Waals surface area contributed by atoms with E-state index >= 15 is 0 Å². The molecule has 0 radical (unpaired) electrons. The molecule has 17 heavy (non-hydrogen) atoms. The summed E-state index contributed by atoms with van der Waals surface area (Å²) in [5.41, 5.74) is 0. The summed E-state index contributed by atoms with van der Waals surface area (Å²) in [6.07, 6.45) is 11.0. The molecule has 2 bridgehead atoms. The number of carbonyl (C=O) groups excluding carboxylic acids is 1. The first-order valence-corrected chi connectivity index (χ1v) is 7.21. The summed E-state index contributed by atoms with van der Waals surface area (Å²) in [5.74, 6) is 3.07.